The number of rotatable bonds is 3. The standard InChI is InChI=1S/C14H8BrF2NOS/c1-7-4-12(20-14(7)15)13(19)10(6-18)9-3-2-8(16)5-11(9)17/h2-5,10H,1H3. The van der Waals surface area contributed by atoms with E-state index in [-0.39, 0.29) is 5.56 Å². The van der Waals surface area contributed by atoms with Gasteiger partial charge in [0.15, 0.2) is 5.78 Å². The summed E-state index contributed by atoms with van der Waals surface area (Å²) in [5.74, 6) is -3.40. The fourth-order valence-corrected chi connectivity index (χ4v) is 3.23. The average Bonchev–Trinajstić information content (AvgIpc) is 2.73. The topological polar surface area (TPSA) is 40.9 Å². The molecule has 1 aromatic heterocycles. The number of carbonyl (C=O) groups is 1. The Morgan fingerprint density at radius 2 is 2.10 bits per heavy atom. The van der Waals surface area contributed by atoms with Crippen LogP contribution in [0.25, 0.3) is 0 Å². The van der Waals surface area contributed by atoms with Crippen LogP contribution in [0, 0.1) is 29.9 Å². The Bertz CT molecular complexity index is 701. The van der Waals surface area contributed by atoms with Gasteiger partial charge in [-0.15, -0.1) is 11.3 Å². The van der Waals surface area contributed by atoms with Gasteiger partial charge < -0.3 is 0 Å². The first-order chi connectivity index (χ1) is 9.43. The van der Waals surface area contributed by atoms with Crippen LogP contribution in [0.5, 0.6) is 0 Å². The van der Waals surface area contributed by atoms with Crippen molar-refractivity contribution in [2.45, 2.75) is 12.8 Å². The van der Waals surface area contributed by atoms with E-state index in [1.807, 2.05) is 6.92 Å². The van der Waals surface area contributed by atoms with Crippen molar-refractivity contribution in [3.05, 3.63) is 55.7 Å². The van der Waals surface area contributed by atoms with Gasteiger partial charge in [-0.3, -0.25) is 4.79 Å². The highest BCUT2D eigenvalue weighted by Gasteiger charge is 2.26. The van der Waals surface area contributed by atoms with Gasteiger partial charge in [-0.2, -0.15) is 5.26 Å². The van der Waals surface area contributed by atoms with E-state index >= 15 is 0 Å². The van der Waals surface area contributed by atoms with Crippen LogP contribution in [0.1, 0.15) is 26.7 Å². The van der Waals surface area contributed by atoms with E-state index in [1.165, 1.54) is 11.3 Å². The van der Waals surface area contributed by atoms with E-state index in [0.717, 1.165) is 21.5 Å². The maximum atomic E-state index is 13.7. The SMILES string of the molecule is Cc1cc(C(=O)C(C#N)c2ccc(F)cc2F)sc1Br. The number of nitriles is 1. The lowest BCUT2D eigenvalue weighted by Gasteiger charge is -2.08. The van der Waals surface area contributed by atoms with Gasteiger partial charge in [-0.1, -0.05) is 6.07 Å². The summed E-state index contributed by atoms with van der Waals surface area (Å²) in [5, 5.41) is 9.14. The summed E-state index contributed by atoms with van der Waals surface area (Å²) in [5.41, 5.74) is 0.760. The van der Waals surface area contributed by atoms with Crippen LogP contribution in [-0.4, -0.2) is 5.78 Å². The molecule has 1 atom stereocenters. The highest BCUT2D eigenvalue weighted by molar-refractivity contribution is 9.11. The van der Waals surface area contributed by atoms with Crippen molar-refractivity contribution in [3.8, 4) is 6.07 Å². The minimum absolute atomic E-state index is 0.110. The summed E-state index contributed by atoms with van der Waals surface area (Å²) >= 11 is 4.48. The minimum atomic E-state index is -1.28. The predicted octanol–water partition coefficient (Wildman–Crippen LogP) is 4.59. The molecule has 0 radical (unpaired) electrons. The summed E-state index contributed by atoms with van der Waals surface area (Å²) < 4.78 is 27.4. The van der Waals surface area contributed by atoms with E-state index in [9.17, 15) is 13.6 Å². The molecule has 0 fully saturated rings. The number of hydrogen-bond acceptors (Lipinski definition) is 3. The maximum absolute atomic E-state index is 13.7. The number of halogens is 3. The lowest BCUT2D eigenvalue weighted by Crippen LogP contribution is -2.11. The van der Waals surface area contributed by atoms with E-state index in [0.29, 0.717) is 10.9 Å². The molecule has 1 aromatic carbocycles. The quantitative estimate of drug-likeness (QED) is 0.755. The lowest BCUT2D eigenvalue weighted by atomic mass is 9.94. The van der Waals surface area contributed by atoms with Crippen LogP contribution < -0.4 is 0 Å². The summed E-state index contributed by atoms with van der Waals surface area (Å²) in [6.07, 6.45) is 0. The van der Waals surface area contributed by atoms with Crippen LogP contribution >= 0.6 is 27.3 Å². The van der Waals surface area contributed by atoms with Gasteiger partial charge in [-0.05, 0) is 40.5 Å². The molecule has 0 aliphatic heterocycles. The third-order valence-corrected chi connectivity index (χ3v) is 4.92. The second kappa shape index (κ2) is 5.81. The molecular weight excluding hydrogens is 348 g/mol. The number of thiophene rings is 1. The van der Waals surface area contributed by atoms with E-state index < -0.39 is 23.3 Å². The van der Waals surface area contributed by atoms with E-state index in [4.69, 9.17) is 5.26 Å². The summed E-state index contributed by atoms with van der Waals surface area (Å²) in [4.78, 5) is 12.7. The van der Waals surface area contributed by atoms with Crippen molar-refractivity contribution in [1.82, 2.24) is 0 Å². The van der Waals surface area contributed by atoms with Gasteiger partial charge in [0.25, 0.3) is 0 Å². The number of carbonyl (C=O) groups excluding carboxylic acids is 1. The first kappa shape index (κ1) is 14.8. The van der Waals surface area contributed by atoms with Crippen LogP contribution in [0.3, 0.4) is 0 Å². The molecule has 2 nitrogen and oxygen atoms in total. The highest BCUT2D eigenvalue weighted by Crippen LogP contribution is 2.32. The number of Topliss-reactive ketones (excluding diaryl/α,β-unsaturated/α-hetero) is 1. The largest absolute Gasteiger partial charge is 0.291 e. The molecule has 102 valence electrons. The van der Waals surface area contributed by atoms with Crippen LogP contribution in [0.15, 0.2) is 28.1 Å². The van der Waals surface area contributed by atoms with Crippen LogP contribution in [-0.2, 0) is 0 Å². The number of ketones is 1. The normalized spacial score (nSPS) is 11.9. The fourth-order valence-electron chi connectivity index (χ4n) is 1.73. The molecule has 0 amide bonds. The molecule has 20 heavy (non-hydrogen) atoms. The number of nitrogens with zero attached hydrogens (tertiary/aromatic N) is 1. The molecule has 0 saturated heterocycles. The van der Waals surface area contributed by atoms with E-state index in [2.05, 4.69) is 15.9 Å². The third-order valence-electron chi connectivity index (χ3n) is 2.76. The summed E-state index contributed by atoms with van der Waals surface area (Å²) in [6, 6.07) is 6.26. The van der Waals surface area contributed by atoms with Gasteiger partial charge in [-0.25, -0.2) is 8.78 Å². The highest BCUT2D eigenvalue weighted by atomic mass is 79.9. The van der Waals surface area contributed by atoms with Crippen LogP contribution in [0.4, 0.5) is 8.78 Å². The summed E-state index contributed by atoms with van der Waals surface area (Å²) in [6.45, 7) is 1.82. The maximum Gasteiger partial charge on any atom is 0.194 e. The molecule has 6 heteroatoms. The van der Waals surface area contributed by atoms with Crippen molar-refractivity contribution >= 4 is 33.0 Å². The smallest absolute Gasteiger partial charge is 0.194 e. The van der Waals surface area contributed by atoms with Gasteiger partial charge >= 0.3 is 0 Å². The Balaban J connectivity index is 2.42. The minimum Gasteiger partial charge on any atom is -0.291 e. The first-order valence-electron chi connectivity index (χ1n) is 5.58. The molecule has 0 N–H and O–H groups in total. The second-order valence-corrected chi connectivity index (χ2v) is 6.53. The Morgan fingerprint density at radius 3 is 2.60 bits per heavy atom. The number of hydrogen-bond donors (Lipinski definition) is 0. The molecule has 0 aliphatic rings. The third kappa shape index (κ3) is 2.79. The van der Waals surface area contributed by atoms with Crippen molar-refractivity contribution < 1.29 is 13.6 Å². The van der Waals surface area contributed by atoms with Crippen molar-refractivity contribution in [2.24, 2.45) is 0 Å². The molecular formula is C14H8BrF2NOS. The molecule has 2 aromatic rings. The van der Waals surface area contributed by atoms with Gasteiger partial charge in [0.2, 0.25) is 0 Å². The number of aryl methyl sites for hydroxylation is 1. The van der Waals surface area contributed by atoms with Crippen LogP contribution in [0.2, 0.25) is 0 Å². The zero-order chi connectivity index (χ0) is 14.9. The monoisotopic (exact) mass is 355 g/mol. The molecule has 0 bridgehead atoms. The molecule has 0 spiro atoms. The van der Waals surface area contributed by atoms with Crippen molar-refractivity contribution in [3.63, 3.8) is 0 Å². The Labute approximate surface area is 126 Å². The lowest BCUT2D eigenvalue weighted by molar-refractivity contribution is 0.0981. The van der Waals surface area contributed by atoms with Gasteiger partial charge in [0.1, 0.15) is 17.6 Å². The molecule has 1 heterocycles. The van der Waals surface area contributed by atoms with Gasteiger partial charge in [0.05, 0.1) is 14.7 Å². The zero-order valence-electron chi connectivity index (χ0n) is 10.3. The van der Waals surface area contributed by atoms with E-state index in [1.54, 1.807) is 12.1 Å². The van der Waals surface area contributed by atoms with Crippen molar-refractivity contribution in [1.29, 1.82) is 5.26 Å². The zero-order valence-corrected chi connectivity index (χ0v) is 12.7. The average molecular weight is 356 g/mol. The molecule has 1 unspecified atom stereocenters. The van der Waals surface area contributed by atoms with Gasteiger partial charge in [0, 0.05) is 11.6 Å². The molecule has 0 saturated carbocycles. The number of benzene rings is 1. The Morgan fingerprint density at radius 1 is 1.40 bits per heavy atom. The fraction of sp³-hybridized carbons (Fsp3) is 0.143. The van der Waals surface area contributed by atoms with Crippen molar-refractivity contribution in [2.75, 3.05) is 0 Å². The Kier molecular flexibility index (Phi) is 4.31. The molecule has 0 aliphatic carbocycles. The second-order valence-electron chi connectivity index (χ2n) is 4.16. The molecule has 2 rings (SSSR count). The summed E-state index contributed by atoms with van der Waals surface area (Å²) in [7, 11) is 0. The first-order valence-corrected chi connectivity index (χ1v) is 7.19. The predicted molar refractivity (Wildman–Crippen MR) is 75.8 cm³/mol. The Hall–Kier alpha value is -1.58.